The van der Waals surface area contributed by atoms with Crippen LogP contribution in [0, 0.1) is 31.3 Å². The van der Waals surface area contributed by atoms with Gasteiger partial charge in [-0.3, -0.25) is 9.59 Å². The van der Waals surface area contributed by atoms with E-state index >= 15 is 0 Å². The molecule has 0 atom stereocenters. The summed E-state index contributed by atoms with van der Waals surface area (Å²) in [4.78, 5) is 28.5. The minimum Gasteiger partial charge on any atom is -0.342 e. The number of amides is 2. The molecule has 7 nitrogen and oxygen atoms in total. The van der Waals surface area contributed by atoms with Crippen LogP contribution in [0.15, 0.2) is 30.3 Å². The number of benzene rings is 1. The number of aromatic nitrogens is 3. The average molecular weight is 438 g/mol. The quantitative estimate of drug-likeness (QED) is 0.599. The van der Waals surface area contributed by atoms with Gasteiger partial charge < -0.3 is 10.6 Å². The van der Waals surface area contributed by atoms with E-state index < -0.39 is 41.5 Å². The number of rotatable bonds is 5. The molecule has 2 N–H and O–H groups in total. The van der Waals surface area contributed by atoms with Crippen molar-refractivity contribution in [3.63, 3.8) is 0 Å². The van der Waals surface area contributed by atoms with E-state index in [-0.39, 0.29) is 10.7 Å². The highest BCUT2D eigenvalue weighted by Gasteiger charge is 2.18. The van der Waals surface area contributed by atoms with Crippen molar-refractivity contribution < 1.29 is 22.8 Å². The first-order valence-electron chi connectivity index (χ1n) is 8.59. The van der Waals surface area contributed by atoms with E-state index in [1.807, 2.05) is 25.2 Å². The van der Waals surface area contributed by atoms with E-state index in [0.29, 0.717) is 11.9 Å². The number of carbonyl (C=O) groups excluding carboxylic acids is 2. The summed E-state index contributed by atoms with van der Waals surface area (Å²) in [6.45, 7) is 3.04. The van der Waals surface area contributed by atoms with Gasteiger partial charge in [0.1, 0.15) is 5.69 Å². The van der Waals surface area contributed by atoms with E-state index in [1.54, 1.807) is 6.07 Å². The van der Waals surface area contributed by atoms with E-state index in [2.05, 4.69) is 15.4 Å². The first-order chi connectivity index (χ1) is 14.2. The molecule has 0 unspecified atom stereocenters. The number of anilines is 1. The van der Waals surface area contributed by atoms with Crippen LogP contribution in [0.25, 0.3) is 5.82 Å². The Balaban J connectivity index is 1.70. The van der Waals surface area contributed by atoms with Gasteiger partial charge in [0.2, 0.25) is 5.91 Å². The molecule has 0 bridgehead atoms. The molecule has 0 saturated heterocycles. The van der Waals surface area contributed by atoms with Crippen LogP contribution in [0.2, 0.25) is 5.02 Å². The van der Waals surface area contributed by atoms with Crippen molar-refractivity contribution in [2.75, 3.05) is 11.9 Å². The SMILES string of the molecule is Cc1cc(C)n(-c2ccc(Cl)c(C(=O)NCC(=O)Nc3ccc(F)c(F)c3F)n2)n1. The van der Waals surface area contributed by atoms with Crippen LogP contribution >= 0.6 is 11.6 Å². The maximum Gasteiger partial charge on any atom is 0.271 e. The molecule has 0 fully saturated rings. The molecule has 2 amide bonds. The number of hydrogen-bond donors (Lipinski definition) is 2. The lowest BCUT2D eigenvalue weighted by atomic mass is 10.2. The Labute approximate surface area is 173 Å². The number of aryl methyl sites for hydroxylation is 2. The predicted molar refractivity (Wildman–Crippen MR) is 103 cm³/mol. The van der Waals surface area contributed by atoms with Gasteiger partial charge in [0.25, 0.3) is 5.91 Å². The Hall–Kier alpha value is -3.40. The topological polar surface area (TPSA) is 88.9 Å². The van der Waals surface area contributed by atoms with Gasteiger partial charge in [-0.15, -0.1) is 0 Å². The number of nitrogens with one attached hydrogen (secondary N) is 2. The lowest BCUT2D eigenvalue weighted by Gasteiger charge is -2.10. The predicted octanol–water partition coefficient (Wildman–Crippen LogP) is 3.32. The highest BCUT2D eigenvalue weighted by atomic mass is 35.5. The average Bonchev–Trinajstić information content (AvgIpc) is 3.05. The van der Waals surface area contributed by atoms with Crippen molar-refractivity contribution in [2.45, 2.75) is 13.8 Å². The van der Waals surface area contributed by atoms with Crippen molar-refractivity contribution >= 4 is 29.1 Å². The van der Waals surface area contributed by atoms with Crippen LogP contribution < -0.4 is 10.6 Å². The number of halogens is 4. The van der Waals surface area contributed by atoms with Crippen LogP contribution in [0.4, 0.5) is 18.9 Å². The minimum absolute atomic E-state index is 0.0461. The lowest BCUT2D eigenvalue weighted by Crippen LogP contribution is -2.33. The number of carbonyl (C=O) groups is 2. The van der Waals surface area contributed by atoms with Gasteiger partial charge in [-0.2, -0.15) is 5.10 Å². The number of hydrogen-bond acceptors (Lipinski definition) is 4. The molecule has 11 heteroatoms. The zero-order chi connectivity index (χ0) is 22.0. The largest absolute Gasteiger partial charge is 0.342 e. The third kappa shape index (κ3) is 4.43. The summed E-state index contributed by atoms with van der Waals surface area (Å²) in [5.74, 6) is -5.92. The summed E-state index contributed by atoms with van der Waals surface area (Å²) in [6, 6.07) is 6.41. The molecule has 156 valence electrons. The van der Waals surface area contributed by atoms with Gasteiger partial charge >= 0.3 is 0 Å². The zero-order valence-corrected chi connectivity index (χ0v) is 16.5. The Morgan fingerprint density at radius 3 is 2.50 bits per heavy atom. The maximum atomic E-state index is 13.6. The highest BCUT2D eigenvalue weighted by Crippen LogP contribution is 2.20. The van der Waals surface area contributed by atoms with Gasteiger partial charge in [0, 0.05) is 5.69 Å². The van der Waals surface area contributed by atoms with E-state index in [9.17, 15) is 22.8 Å². The second-order valence-electron chi connectivity index (χ2n) is 6.29. The number of nitrogens with zero attached hydrogens (tertiary/aromatic N) is 3. The smallest absolute Gasteiger partial charge is 0.271 e. The summed E-state index contributed by atoms with van der Waals surface area (Å²) in [5.41, 5.74) is 0.849. The van der Waals surface area contributed by atoms with E-state index in [1.165, 1.54) is 10.7 Å². The molecule has 1 aromatic carbocycles. The lowest BCUT2D eigenvalue weighted by molar-refractivity contribution is -0.115. The molecule has 2 heterocycles. The molecule has 2 aromatic heterocycles. The summed E-state index contributed by atoms with van der Waals surface area (Å²) < 4.78 is 41.3. The monoisotopic (exact) mass is 437 g/mol. The summed E-state index contributed by atoms with van der Waals surface area (Å²) in [7, 11) is 0. The van der Waals surface area contributed by atoms with Crippen molar-refractivity contribution in [3.05, 3.63) is 69.9 Å². The fourth-order valence-electron chi connectivity index (χ4n) is 2.63. The molecular weight excluding hydrogens is 423 g/mol. The van der Waals surface area contributed by atoms with Gasteiger partial charge in [-0.05, 0) is 44.2 Å². The van der Waals surface area contributed by atoms with Gasteiger partial charge in [-0.1, -0.05) is 11.6 Å². The third-order valence-corrected chi connectivity index (χ3v) is 4.30. The van der Waals surface area contributed by atoms with Crippen molar-refractivity contribution in [1.29, 1.82) is 0 Å². The van der Waals surface area contributed by atoms with Crippen LogP contribution in [-0.4, -0.2) is 33.1 Å². The molecule has 0 spiro atoms. The van der Waals surface area contributed by atoms with Crippen LogP contribution in [-0.2, 0) is 4.79 Å². The third-order valence-electron chi connectivity index (χ3n) is 3.99. The second kappa shape index (κ2) is 8.54. The standard InChI is InChI=1S/C19H15ClF3N5O2/c1-9-7-10(2)28(27-9)14-6-3-11(20)18(26-14)19(30)24-8-15(29)25-13-5-4-12(21)16(22)17(13)23/h3-7H,8H2,1-2H3,(H,24,30)(H,25,29). The summed E-state index contributed by atoms with van der Waals surface area (Å²) >= 11 is 6.04. The molecule has 3 aromatic rings. The zero-order valence-electron chi connectivity index (χ0n) is 15.8. The molecular formula is C19H15ClF3N5O2. The molecule has 30 heavy (non-hydrogen) atoms. The van der Waals surface area contributed by atoms with Crippen molar-refractivity contribution in [1.82, 2.24) is 20.1 Å². The van der Waals surface area contributed by atoms with Crippen LogP contribution in [0.5, 0.6) is 0 Å². The van der Waals surface area contributed by atoms with Crippen LogP contribution in [0.1, 0.15) is 21.9 Å². The van der Waals surface area contributed by atoms with Crippen molar-refractivity contribution in [2.24, 2.45) is 0 Å². The van der Waals surface area contributed by atoms with Gasteiger partial charge in [0.15, 0.2) is 23.3 Å². The normalized spacial score (nSPS) is 10.7. The second-order valence-corrected chi connectivity index (χ2v) is 6.70. The Bertz CT molecular complexity index is 1150. The minimum atomic E-state index is -1.71. The highest BCUT2D eigenvalue weighted by molar-refractivity contribution is 6.33. The van der Waals surface area contributed by atoms with Gasteiger partial charge in [0.05, 0.1) is 22.9 Å². The molecule has 0 aliphatic carbocycles. The van der Waals surface area contributed by atoms with Gasteiger partial charge in [-0.25, -0.2) is 22.8 Å². The summed E-state index contributed by atoms with van der Waals surface area (Å²) in [6.07, 6.45) is 0. The molecule has 0 aliphatic heterocycles. The Morgan fingerprint density at radius 1 is 1.10 bits per heavy atom. The Morgan fingerprint density at radius 2 is 1.83 bits per heavy atom. The van der Waals surface area contributed by atoms with E-state index in [4.69, 9.17) is 11.6 Å². The first kappa shape index (κ1) is 21.3. The molecule has 0 aliphatic rings. The molecule has 3 rings (SSSR count). The molecule has 0 saturated carbocycles. The fourth-order valence-corrected chi connectivity index (χ4v) is 2.82. The fraction of sp³-hybridized carbons (Fsp3) is 0.158. The Kier molecular flexibility index (Phi) is 6.06. The number of pyridine rings is 1. The summed E-state index contributed by atoms with van der Waals surface area (Å²) in [5, 5.41) is 8.65. The van der Waals surface area contributed by atoms with Crippen LogP contribution in [0.3, 0.4) is 0 Å². The first-order valence-corrected chi connectivity index (χ1v) is 8.97. The van der Waals surface area contributed by atoms with E-state index in [0.717, 1.165) is 17.5 Å². The molecule has 0 radical (unpaired) electrons. The maximum absolute atomic E-state index is 13.6. The van der Waals surface area contributed by atoms with Crippen molar-refractivity contribution in [3.8, 4) is 5.82 Å².